The molecule has 1 aromatic carbocycles. The zero-order valence-electron chi connectivity index (χ0n) is 11.9. The van der Waals surface area contributed by atoms with Crippen molar-refractivity contribution in [2.24, 2.45) is 7.05 Å². The van der Waals surface area contributed by atoms with Crippen LogP contribution < -0.4 is 51.4 Å². The Bertz CT molecular complexity index is 629. The maximum Gasteiger partial charge on any atom is 1.00 e. The van der Waals surface area contributed by atoms with Gasteiger partial charge in [0.25, 0.3) is 0 Å². The molecule has 0 aliphatic rings. The first-order valence-corrected chi connectivity index (χ1v) is 5.97. The number of hydrogen-bond donors (Lipinski definition) is 1. The molecule has 1 aromatic heterocycles. The molecule has 0 atom stereocenters. The first-order valence-electron chi connectivity index (χ1n) is 5.97. The number of benzene rings is 1. The van der Waals surface area contributed by atoms with Crippen LogP contribution in [0.15, 0.2) is 36.4 Å². The van der Waals surface area contributed by atoms with Gasteiger partial charge in [-0.1, -0.05) is 29.8 Å². The van der Waals surface area contributed by atoms with Crippen LogP contribution in [0, 0.1) is 6.92 Å². The average molecular weight is 296 g/mol. The van der Waals surface area contributed by atoms with Gasteiger partial charge in [-0.3, -0.25) is 9.59 Å². The van der Waals surface area contributed by atoms with E-state index in [1.54, 1.807) is 35.9 Å². The predicted molar refractivity (Wildman–Crippen MR) is 71.4 cm³/mol. The van der Waals surface area contributed by atoms with Crippen LogP contribution in [0.2, 0.25) is 0 Å². The molecular weight excluding hydrogens is 281 g/mol. The van der Waals surface area contributed by atoms with Crippen LogP contribution in [-0.4, -0.2) is 21.4 Å². The van der Waals surface area contributed by atoms with E-state index in [-0.39, 0.29) is 63.6 Å². The number of aliphatic carboxylic acids is 1. The number of carbonyl (C=O) groups excluding carboxylic acids is 1. The van der Waals surface area contributed by atoms with Crippen molar-refractivity contribution in [3.8, 4) is 0 Å². The summed E-state index contributed by atoms with van der Waals surface area (Å²) in [7, 11) is 1.71. The van der Waals surface area contributed by atoms with Gasteiger partial charge in [0, 0.05) is 18.3 Å². The first kappa shape index (κ1) is 17.3. The topological polar surface area (TPSA) is 59.3 Å². The third-order valence-corrected chi connectivity index (χ3v) is 3.10. The second-order valence-corrected chi connectivity index (χ2v) is 4.53. The summed E-state index contributed by atoms with van der Waals surface area (Å²) < 4.78 is 1.64. The summed E-state index contributed by atoms with van der Waals surface area (Å²) >= 11 is 0. The summed E-state index contributed by atoms with van der Waals surface area (Å²) in [5, 5.41) is 8.79. The van der Waals surface area contributed by atoms with Gasteiger partial charge in [0.1, 0.15) is 0 Å². The van der Waals surface area contributed by atoms with Gasteiger partial charge in [-0.25, -0.2) is 0 Å². The first-order chi connectivity index (χ1) is 8.99. The summed E-state index contributed by atoms with van der Waals surface area (Å²) in [6.07, 6.45) is -0.0856. The molecule has 0 bridgehead atoms. The Kier molecular flexibility index (Phi) is 6.35. The number of aromatic nitrogens is 1. The standard InChI is InChI=1S/C15H15NO3.K/c1-10-3-5-11(6-4-10)15(19)13-8-7-12(16(13)2)9-14(17)18;/h3-8H,9H2,1-2H3,(H,17,18);/q;+1. The average Bonchev–Trinajstić information content (AvgIpc) is 2.70. The fourth-order valence-electron chi connectivity index (χ4n) is 1.97. The van der Waals surface area contributed by atoms with Crippen molar-refractivity contribution in [3.63, 3.8) is 0 Å². The van der Waals surface area contributed by atoms with Crippen molar-refractivity contribution in [1.29, 1.82) is 0 Å². The summed E-state index contributed by atoms with van der Waals surface area (Å²) in [4.78, 5) is 23.0. The monoisotopic (exact) mass is 296 g/mol. The third kappa shape index (κ3) is 3.90. The van der Waals surface area contributed by atoms with Crippen LogP contribution in [-0.2, 0) is 18.3 Å². The molecule has 0 aliphatic heterocycles. The molecule has 0 amide bonds. The maximum atomic E-state index is 12.3. The third-order valence-electron chi connectivity index (χ3n) is 3.10. The molecule has 0 unspecified atom stereocenters. The molecule has 98 valence electrons. The fraction of sp³-hybridized carbons (Fsp3) is 0.200. The Labute approximate surface area is 160 Å². The molecule has 0 radical (unpaired) electrons. The van der Waals surface area contributed by atoms with Crippen LogP contribution >= 0.6 is 0 Å². The maximum absolute atomic E-state index is 12.3. The number of carboxylic acid groups (broad SMARTS) is 1. The van der Waals surface area contributed by atoms with Crippen molar-refractivity contribution < 1.29 is 66.1 Å². The molecule has 0 fully saturated rings. The number of aryl methyl sites for hydroxylation is 1. The second kappa shape index (κ2) is 7.33. The van der Waals surface area contributed by atoms with Gasteiger partial charge in [0.05, 0.1) is 12.1 Å². The van der Waals surface area contributed by atoms with Gasteiger partial charge < -0.3 is 9.67 Å². The largest absolute Gasteiger partial charge is 1.00 e. The van der Waals surface area contributed by atoms with E-state index in [0.29, 0.717) is 17.0 Å². The number of rotatable bonds is 4. The molecule has 4 nitrogen and oxygen atoms in total. The van der Waals surface area contributed by atoms with Gasteiger partial charge in [0.15, 0.2) is 0 Å². The second-order valence-electron chi connectivity index (χ2n) is 4.53. The van der Waals surface area contributed by atoms with E-state index in [1.165, 1.54) is 0 Å². The zero-order valence-corrected chi connectivity index (χ0v) is 15.0. The van der Waals surface area contributed by atoms with Crippen molar-refractivity contribution in [1.82, 2.24) is 4.57 Å². The van der Waals surface area contributed by atoms with E-state index in [0.717, 1.165) is 5.56 Å². The molecule has 5 heteroatoms. The van der Waals surface area contributed by atoms with Crippen molar-refractivity contribution in [3.05, 3.63) is 58.9 Å². The van der Waals surface area contributed by atoms with Crippen LogP contribution in [0.25, 0.3) is 0 Å². The number of ketones is 1. The fourth-order valence-corrected chi connectivity index (χ4v) is 1.97. The summed E-state index contributed by atoms with van der Waals surface area (Å²) in [6.45, 7) is 1.96. The van der Waals surface area contributed by atoms with E-state index in [4.69, 9.17) is 5.11 Å². The molecule has 0 saturated heterocycles. The molecule has 1 heterocycles. The van der Waals surface area contributed by atoms with Gasteiger partial charge in [-0.2, -0.15) is 0 Å². The summed E-state index contributed by atoms with van der Waals surface area (Å²) in [6, 6.07) is 10.7. The van der Waals surface area contributed by atoms with Crippen molar-refractivity contribution >= 4 is 11.8 Å². The molecular formula is C15H15KNO3+. The Morgan fingerprint density at radius 3 is 2.25 bits per heavy atom. The van der Waals surface area contributed by atoms with Crippen LogP contribution in [0.4, 0.5) is 0 Å². The smallest absolute Gasteiger partial charge is 0.481 e. The molecule has 20 heavy (non-hydrogen) atoms. The molecule has 2 aromatic rings. The van der Waals surface area contributed by atoms with Crippen LogP contribution in [0.1, 0.15) is 27.3 Å². The molecule has 0 aliphatic carbocycles. The Morgan fingerprint density at radius 1 is 1.10 bits per heavy atom. The minimum absolute atomic E-state index is 0. The molecule has 0 saturated carbocycles. The molecule has 1 N–H and O–H groups in total. The van der Waals surface area contributed by atoms with E-state index >= 15 is 0 Å². The van der Waals surface area contributed by atoms with Crippen molar-refractivity contribution in [2.45, 2.75) is 13.3 Å². The summed E-state index contributed by atoms with van der Waals surface area (Å²) in [5.74, 6) is -1.00. The Morgan fingerprint density at radius 2 is 1.70 bits per heavy atom. The minimum Gasteiger partial charge on any atom is -0.481 e. The van der Waals surface area contributed by atoms with E-state index in [2.05, 4.69) is 0 Å². The predicted octanol–water partition coefficient (Wildman–Crippen LogP) is -0.804. The van der Waals surface area contributed by atoms with Gasteiger partial charge >= 0.3 is 57.4 Å². The minimum atomic E-state index is -0.907. The Balaban J connectivity index is 0.00000200. The normalized spacial score (nSPS) is 9.90. The summed E-state index contributed by atoms with van der Waals surface area (Å²) in [5.41, 5.74) is 2.81. The molecule has 2 rings (SSSR count). The van der Waals surface area contributed by atoms with Crippen LogP contribution in [0.3, 0.4) is 0 Å². The quantitative estimate of drug-likeness (QED) is 0.593. The number of hydrogen-bond acceptors (Lipinski definition) is 2. The number of carbonyl (C=O) groups is 2. The van der Waals surface area contributed by atoms with E-state index < -0.39 is 5.97 Å². The van der Waals surface area contributed by atoms with Gasteiger partial charge in [0.2, 0.25) is 5.78 Å². The Hall–Kier alpha value is -0.724. The van der Waals surface area contributed by atoms with Gasteiger partial charge in [-0.15, -0.1) is 0 Å². The zero-order chi connectivity index (χ0) is 14.0. The molecule has 0 spiro atoms. The van der Waals surface area contributed by atoms with E-state index in [1.807, 2.05) is 19.1 Å². The van der Waals surface area contributed by atoms with Gasteiger partial charge in [-0.05, 0) is 19.1 Å². The van der Waals surface area contributed by atoms with Crippen LogP contribution in [0.5, 0.6) is 0 Å². The number of carboxylic acids is 1. The SMILES string of the molecule is Cc1ccc(C(=O)c2ccc(CC(=O)O)n2C)cc1.[K+]. The van der Waals surface area contributed by atoms with E-state index in [9.17, 15) is 9.59 Å². The van der Waals surface area contributed by atoms with Crippen molar-refractivity contribution in [2.75, 3.05) is 0 Å². The number of nitrogens with zero attached hydrogens (tertiary/aromatic N) is 1.